The number of rotatable bonds is 6. The number of hydrogen-bond donors (Lipinski definition) is 2. The van der Waals surface area contributed by atoms with Crippen molar-refractivity contribution in [2.24, 2.45) is 5.92 Å². The molecule has 1 aromatic heterocycles. The zero-order valence-electron chi connectivity index (χ0n) is 13.4. The minimum atomic E-state index is -4.51. The number of aliphatic carboxylic acids is 1. The van der Waals surface area contributed by atoms with E-state index in [4.69, 9.17) is 0 Å². The van der Waals surface area contributed by atoms with Gasteiger partial charge in [-0.25, -0.2) is 9.48 Å². The highest BCUT2D eigenvalue weighted by atomic mass is 19.4. The van der Waals surface area contributed by atoms with Gasteiger partial charge in [0.2, 0.25) is 0 Å². The molecule has 0 saturated heterocycles. The largest absolute Gasteiger partial charge is 0.480 e. The van der Waals surface area contributed by atoms with Gasteiger partial charge in [-0.05, 0) is 30.5 Å². The topological polar surface area (TPSA) is 97.1 Å². The normalized spacial score (nSPS) is 15.5. The van der Waals surface area contributed by atoms with Crippen LogP contribution in [0.4, 0.5) is 13.2 Å². The van der Waals surface area contributed by atoms with Crippen molar-refractivity contribution >= 4 is 11.9 Å². The molecule has 1 heterocycles. The van der Waals surface area contributed by atoms with Gasteiger partial charge in [-0.2, -0.15) is 13.2 Å². The smallest absolute Gasteiger partial charge is 0.416 e. The van der Waals surface area contributed by atoms with Crippen LogP contribution in [0.1, 0.15) is 35.3 Å². The maximum absolute atomic E-state index is 12.8. The fourth-order valence-electron chi connectivity index (χ4n) is 2.46. The van der Waals surface area contributed by atoms with Crippen molar-refractivity contribution in [1.29, 1.82) is 0 Å². The quantitative estimate of drug-likeness (QED) is 0.815. The lowest BCUT2D eigenvalue weighted by atomic mass is 10.1. The molecule has 2 aromatic rings. The molecule has 1 aliphatic carbocycles. The van der Waals surface area contributed by atoms with Crippen molar-refractivity contribution in [3.05, 3.63) is 41.7 Å². The third-order valence-electron chi connectivity index (χ3n) is 4.03. The van der Waals surface area contributed by atoms with E-state index >= 15 is 0 Å². The van der Waals surface area contributed by atoms with Gasteiger partial charge in [0.15, 0.2) is 5.69 Å². The number of halogens is 3. The number of amides is 1. The lowest BCUT2D eigenvalue weighted by molar-refractivity contribution is -0.139. The van der Waals surface area contributed by atoms with Gasteiger partial charge in [0.05, 0.1) is 17.4 Å². The van der Waals surface area contributed by atoms with Gasteiger partial charge >= 0.3 is 12.1 Å². The van der Waals surface area contributed by atoms with Crippen molar-refractivity contribution in [2.75, 3.05) is 0 Å². The van der Waals surface area contributed by atoms with E-state index in [9.17, 15) is 27.9 Å². The minimum Gasteiger partial charge on any atom is -0.480 e. The highest BCUT2D eigenvalue weighted by Crippen LogP contribution is 2.33. The van der Waals surface area contributed by atoms with Crippen LogP contribution in [0, 0.1) is 5.92 Å². The summed E-state index contributed by atoms with van der Waals surface area (Å²) < 4.78 is 39.4. The molecule has 0 spiro atoms. The lowest BCUT2D eigenvalue weighted by Gasteiger charge is -2.12. The third-order valence-corrected chi connectivity index (χ3v) is 4.03. The molecule has 0 radical (unpaired) electrons. The monoisotopic (exact) mass is 368 g/mol. The summed E-state index contributed by atoms with van der Waals surface area (Å²) in [5, 5.41) is 18.8. The maximum Gasteiger partial charge on any atom is 0.416 e. The molecule has 138 valence electrons. The Kier molecular flexibility index (Phi) is 4.66. The summed E-state index contributed by atoms with van der Waals surface area (Å²) in [6.07, 6.45) is -1.14. The molecule has 1 aliphatic rings. The van der Waals surface area contributed by atoms with Crippen molar-refractivity contribution in [3.8, 4) is 5.69 Å². The number of carboxylic acids is 1. The van der Waals surface area contributed by atoms with E-state index in [1.54, 1.807) is 0 Å². The third kappa shape index (κ3) is 4.19. The maximum atomic E-state index is 12.8. The second-order valence-corrected chi connectivity index (χ2v) is 6.14. The van der Waals surface area contributed by atoms with E-state index in [-0.39, 0.29) is 17.3 Å². The van der Waals surface area contributed by atoms with Crippen LogP contribution in [0.5, 0.6) is 0 Å². The summed E-state index contributed by atoms with van der Waals surface area (Å²) in [6.45, 7) is 0. The number of carboxylic acid groups (broad SMARTS) is 1. The zero-order valence-corrected chi connectivity index (χ0v) is 13.4. The first-order chi connectivity index (χ1) is 12.2. The average Bonchev–Trinajstić information content (AvgIpc) is 3.25. The highest BCUT2D eigenvalue weighted by Gasteiger charge is 2.32. The van der Waals surface area contributed by atoms with Crippen LogP contribution >= 0.6 is 0 Å². The molecule has 1 saturated carbocycles. The van der Waals surface area contributed by atoms with Gasteiger partial charge in [-0.1, -0.05) is 24.1 Å². The summed E-state index contributed by atoms with van der Waals surface area (Å²) >= 11 is 0. The van der Waals surface area contributed by atoms with Crippen LogP contribution in [-0.4, -0.2) is 38.0 Å². The molecular weight excluding hydrogens is 353 g/mol. The van der Waals surface area contributed by atoms with Crippen LogP contribution in [-0.2, 0) is 11.0 Å². The van der Waals surface area contributed by atoms with Crippen molar-refractivity contribution in [1.82, 2.24) is 20.3 Å². The number of aromatic nitrogens is 3. The summed E-state index contributed by atoms with van der Waals surface area (Å²) in [6, 6.07) is 3.37. The molecule has 1 unspecified atom stereocenters. The van der Waals surface area contributed by atoms with E-state index < -0.39 is 29.7 Å². The lowest BCUT2D eigenvalue weighted by Crippen LogP contribution is -2.41. The van der Waals surface area contributed by atoms with Gasteiger partial charge in [0.1, 0.15) is 6.04 Å². The number of nitrogens with one attached hydrogen (secondary N) is 1. The van der Waals surface area contributed by atoms with Crippen molar-refractivity contribution in [3.63, 3.8) is 0 Å². The first-order valence-corrected chi connectivity index (χ1v) is 7.87. The Balaban J connectivity index is 1.74. The number of hydrogen-bond acceptors (Lipinski definition) is 4. The molecule has 10 heteroatoms. The molecule has 1 aromatic carbocycles. The second-order valence-electron chi connectivity index (χ2n) is 6.14. The van der Waals surface area contributed by atoms with Gasteiger partial charge < -0.3 is 10.4 Å². The van der Waals surface area contributed by atoms with E-state index in [1.807, 2.05) is 0 Å². The molecule has 3 rings (SSSR count). The van der Waals surface area contributed by atoms with Crippen LogP contribution in [0.3, 0.4) is 0 Å². The van der Waals surface area contributed by atoms with Gasteiger partial charge in [-0.15, -0.1) is 5.10 Å². The van der Waals surface area contributed by atoms with E-state index in [2.05, 4.69) is 15.6 Å². The molecule has 7 nitrogen and oxygen atoms in total. The number of benzene rings is 1. The molecule has 2 N–H and O–H groups in total. The predicted octanol–water partition coefficient (Wildman–Crippen LogP) is 2.27. The number of alkyl halides is 3. The Hall–Kier alpha value is -2.91. The number of carbonyl (C=O) groups excluding carboxylic acids is 1. The van der Waals surface area contributed by atoms with Gasteiger partial charge in [0, 0.05) is 0 Å². The van der Waals surface area contributed by atoms with E-state index in [0.29, 0.717) is 6.42 Å². The van der Waals surface area contributed by atoms with Crippen molar-refractivity contribution in [2.45, 2.75) is 31.5 Å². The molecule has 0 bridgehead atoms. The first kappa shape index (κ1) is 17.9. The Morgan fingerprint density at radius 3 is 2.69 bits per heavy atom. The molecular formula is C16H15F3N4O3. The second kappa shape index (κ2) is 6.77. The van der Waals surface area contributed by atoms with Crippen molar-refractivity contribution < 1.29 is 27.9 Å². The predicted molar refractivity (Wildman–Crippen MR) is 82.6 cm³/mol. The SMILES string of the molecule is O=C(NC(CC1CC1)C(=O)O)c1cn(-c2cccc(C(F)(F)F)c2)nn1. The standard InChI is InChI=1S/C16H15F3N4O3/c17-16(18,19)10-2-1-3-11(7-10)23-8-13(21-22-23)14(24)20-12(15(25)26)6-9-4-5-9/h1-3,7-9,12H,4-6H2,(H,20,24)(H,25,26). The van der Waals surface area contributed by atoms with Crippen LogP contribution in [0.2, 0.25) is 0 Å². The van der Waals surface area contributed by atoms with E-state index in [0.717, 1.165) is 35.9 Å². The van der Waals surface area contributed by atoms with E-state index in [1.165, 1.54) is 12.1 Å². The Labute approximate surface area is 145 Å². The highest BCUT2D eigenvalue weighted by molar-refractivity contribution is 5.94. The van der Waals surface area contributed by atoms with Crippen LogP contribution in [0.15, 0.2) is 30.5 Å². The molecule has 1 fully saturated rings. The summed E-state index contributed by atoms with van der Waals surface area (Å²) in [7, 11) is 0. The minimum absolute atomic E-state index is 0.0825. The fourth-order valence-corrected chi connectivity index (χ4v) is 2.46. The number of carbonyl (C=O) groups is 2. The van der Waals surface area contributed by atoms with Crippen LogP contribution < -0.4 is 5.32 Å². The van der Waals surface area contributed by atoms with Gasteiger partial charge in [-0.3, -0.25) is 4.79 Å². The first-order valence-electron chi connectivity index (χ1n) is 7.87. The average molecular weight is 368 g/mol. The Bertz CT molecular complexity index is 830. The summed E-state index contributed by atoms with van der Waals surface area (Å²) in [5.74, 6) is -1.59. The number of nitrogens with zero attached hydrogens (tertiary/aromatic N) is 3. The molecule has 1 atom stereocenters. The Morgan fingerprint density at radius 2 is 2.08 bits per heavy atom. The fraction of sp³-hybridized carbons (Fsp3) is 0.375. The zero-order chi connectivity index (χ0) is 18.9. The molecule has 26 heavy (non-hydrogen) atoms. The molecule has 0 aliphatic heterocycles. The Morgan fingerprint density at radius 1 is 1.35 bits per heavy atom. The summed E-state index contributed by atoms with van der Waals surface area (Å²) in [5.41, 5.74) is -0.949. The van der Waals surface area contributed by atoms with Crippen LogP contribution in [0.25, 0.3) is 5.69 Å². The summed E-state index contributed by atoms with van der Waals surface area (Å²) in [4.78, 5) is 23.4. The molecule has 1 amide bonds. The van der Waals surface area contributed by atoms with Gasteiger partial charge in [0.25, 0.3) is 5.91 Å².